The number of benzene rings is 1. The number of nitrogen functional groups attached to an aromatic ring is 1. The molecule has 1 aromatic carbocycles. The average Bonchev–Trinajstić information content (AvgIpc) is 2.94. The number of aromatic nitrogens is 2. The van der Waals surface area contributed by atoms with Crippen molar-refractivity contribution in [2.45, 2.75) is 17.7 Å². The summed E-state index contributed by atoms with van der Waals surface area (Å²) in [7, 11) is -4.07. The second kappa shape index (κ2) is 6.19. The van der Waals surface area contributed by atoms with Gasteiger partial charge in [0.25, 0.3) is 0 Å². The van der Waals surface area contributed by atoms with Crippen molar-refractivity contribution in [1.29, 1.82) is 0 Å². The van der Waals surface area contributed by atoms with Gasteiger partial charge in [0.05, 0.1) is 0 Å². The molecule has 0 aliphatic rings. The number of hydrogen-bond donors (Lipinski definition) is 3. The Kier molecular flexibility index (Phi) is 4.53. The van der Waals surface area contributed by atoms with E-state index in [1.54, 1.807) is 12.4 Å². The minimum absolute atomic E-state index is 0.0970. The minimum Gasteiger partial charge on any atom is -0.394 e. The highest BCUT2D eigenvalue weighted by Gasteiger charge is 2.22. The SMILES string of the molecule is Nc1c(F)ccc(S(=O)(=O)NCCCc2ncc[nH]2)c1F. The molecule has 0 aliphatic carbocycles. The van der Waals surface area contributed by atoms with Crippen LogP contribution in [0.25, 0.3) is 0 Å². The molecule has 1 heterocycles. The van der Waals surface area contributed by atoms with E-state index >= 15 is 0 Å². The largest absolute Gasteiger partial charge is 0.394 e. The second-order valence-corrected chi connectivity index (χ2v) is 6.05. The van der Waals surface area contributed by atoms with Crippen LogP contribution in [0, 0.1) is 11.6 Å². The summed E-state index contributed by atoms with van der Waals surface area (Å²) in [5.41, 5.74) is 4.33. The topological polar surface area (TPSA) is 101 Å². The maximum atomic E-state index is 13.7. The van der Waals surface area contributed by atoms with Gasteiger partial charge in [0, 0.05) is 25.4 Å². The predicted octanol–water partition coefficient (Wildman–Crippen LogP) is 1.18. The van der Waals surface area contributed by atoms with E-state index in [4.69, 9.17) is 5.73 Å². The molecule has 0 saturated heterocycles. The van der Waals surface area contributed by atoms with Crippen LogP contribution in [0.5, 0.6) is 0 Å². The molecule has 2 aromatic rings. The lowest BCUT2D eigenvalue weighted by Crippen LogP contribution is -2.26. The number of nitrogens with two attached hydrogens (primary N) is 1. The monoisotopic (exact) mass is 316 g/mol. The highest BCUT2D eigenvalue weighted by molar-refractivity contribution is 7.89. The molecule has 2 rings (SSSR count). The van der Waals surface area contributed by atoms with Gasteiger partial charge in [-0.1, -0.05) is 0 Å². The van der Waals surface area contributed by atoms with Gasteiger partial charge in [-0.2, -0.15) is 0 Å². The molecule has 1 aromatic heterocycles. The summed E-state index contributed by atoms with van der Waals surface area (Å²) in [6, 6.07) is 1.66. The van der Waals surface area contributed by atoms with Crippen molar-refractivity contribution >= 4 is 15.7 Å². The number of aryl methyl sites for hydroxylation is 1. The predicted molar refractivity (Wildman–Crippen MR) is 72.9 cm³/mol. The van der Waals surface area contributed by atoms with E-state index < -0.39 is 32.2 Å². The molecule has 6 nitrogen and oxygen atoms in total. The number of hydrogen-bond acceptors (Lipinski definition) is 4. The van der Waals surface area contributed by atoms with Crippen molar-refractivity contribution < 1.29 is 17.2 Å². The number of sulfonamides is 1. The molecule has 21 heavy (non-hydrogen) atoms. The molecule has 0 unspecified atom stereocenters. The Labute approximate surface area is 120 Å². The zero-order valence-electron chi connectivity index (χ0n) is 10.9. The smallest absolute Gasteiger partial charge is 0.243 e. The Morgan fingerprint density at radius 2 is 2.10 bits per heavy atom. The zero-order valence-corrected chi connectivity index (χ0v) is 11.8. The maximum absolute atomic E-state index is 13.7. The van der Waals surface area contributed by atoms with Gasteiger partial charge >= 0.3 is 0 Å². The molecule has 0 saturated carbocycles. The Hall–Kier alpha value is -2.00. The molecule has 4 N–H and O–H groups in total. The average molecular weight is 316 g/mol. The van der Waals surface area contributed by atoms with Gasteiger partial charge in [0.1, 0.15) is 22.2 Å². The van der Waals surface area contributed by atoms with E-state index in [2.05, 4.69) is 14.7 Å². The third-order valence-electron chi connectivity index (χ3n) is 2.82. The van der Waals surface area contributed by atoms with Gasteiger partial charge in [0.15, 0.2) is 5.82 Å². The van der Waals surface area contributed by atoms with Crippen molar-refractivity contribution in [3.8, 4) is 0 Å². The molecule has 0 atom stereocenters. The van der Waals surface area contributed by atoms with Crippen molar-refractivity contribution in [2.75, 3.05) is 12.3 Å². The van der Waals surface area contributed by atoms with Gasteiger partial charge in [-0.3, -0.25) is 0 Å². The van der Waals surface area contributed by atoms with Crippen LogP contribution in [0.15, 0.2) is 29.4 Å². The van der Waals surface area contributed by atoms with Crippen molar-refractivity contribution in [3.05, 3.63) is 42.0 Å². The summed E-state index contributed by atoms with van der Waals surface area (Å²) >= 11 is 0. The summed E-state index contributed by atoms with van der Waals surface area (Å²) in [6.07, 6.45) is 4.28. The van der Waals surface area contributed by atoms with Crippen LogP contribution in [0.2, 0.25) is 0 Å². The van der Waals surface area contributed by atoms with Gasteiger partial charge in [0.2, 0.25) is 10.0 Å². The van der Waals surface area contributed by atoms with E-state index in [-0.39, 0.29) is 6.54 Å². The van der Waals surface area contributed by atoms with E-state index in [1.807, 2.05) is 0 Å². The van der Waals surface area contributed by atoms with Gasteiger partial charge in [-0.25, -0.2) is 26.9 Å². The summed E-state index contributed by atoms with van der Waals surface area (Å²) in [5, 5.41) is 0. The van der Waals surface area contributed by atoms with Gasteiger partial charge in [-0.05, 0) is 18.6 Å². The zero-order chi connectivity index (χ0) is 15.5. The highest BCUT2D eigenvalue weighted by atomic mass is 32.2. The quantitative estimate of drug-likeness (QED) is 0.550. The molecule has 0 fully saturated rings. The van der Waals surface area contributed by atoms with Crippen LogP contribution in [-0.4, -0.2) is 24.9 Å². The lowest BCUT2D eigenvalue weighted by atomic mass is 10.3. The van der Waals surface area contributed by atoms with Crippen LogP contribution in [0.3, 0.4) is 0 Å². The van der Waals surface area contributed by atoms with Crippen molar-refractivity contribution in [1.82, 2.24) is 14.7 Å². The molecule has 0 aliphatic heterocycles. The van der Waals surface area contributed by atoms with Crippen LogP contribution < -0.4 is 10.5 Å². The molecule has 0 bridgehead atoms. The highest BCUT2D eigenvalue weighted by Crippen LogP contribution is 2.22. The number of halogens is 2. The number of nitrogens with zero attached hydrogens (tertiary/aromatic N) is 1. The number of anilines is 1. The third kappa shape index (κ3) is 3.56. The van der Waals surface area contributed by atoms with Crippen LogP contribution in [0.1, 0.15) is 12.2 Å². The first kappa shape index (κ1) is 15.4. The lowest BCUT2D eigenvalue weighted by molar-refractivity contribution is 0.547. The number of H-pyrrole nitrogens is 1. The molecule has 0 amide bonds. The molecule has 9 heteroatoms. The summed E-state index contributed by atoms with van der Waals surface area (Å²) in [6.45, 7) is 0.0970. The second-order valence-electron chi connectivity index (χ2n) is 4.31. The number of imidazole rings is 1. The Morgan fingerprint density at radius 3 is 2.76 bits per heavy atom. The van der Waals surface area contributed by atoms with Crippen molar-refractivity contribution in [2.24, 2.45) is 0 Å². The number of aromatic amines is 1. The molecule has 0 spiro atoms. The first-order valence-corrected chi connectivity index (χ1v) is 7.61. The van der Waals surface area contributed by atoms with Gasteiger partial charge < -0.3 is 10.7 Å². The van der Waals surface area contributed by atoms with E-state index in [0.717, 1.165) is 18.0 Å². The van der Waals surface area contributed by atoms with E-state index in [0.29, 0.717) is 12.8 Å². The summed E-state index contributed by atoms with van der Waals surface area (Å²) in [4.78, 5) is 6.21. The van der Waals surface area contributed by atoms with Gasteiger partial charge in [-0.15, -0.1) is 0 Å². The lowest BCUT2D eigenvalue weighted by Gasteiger charge is -2.09. The molecule has 114 valence electrons. The molecule has 0 radical (unpaired) electrons. The summed E-state index contributed by atoms with van der Waals surface area (Å²) < 4.78 is 52.8. The minimum atomic E-state index is -4.07. The Bertz CT molecular complexity index is 717. The van der Waals surface area contributed by atoms with Crippen LogP contribution >= 0.6 is 0 Å². The summed E-state index contributed by atoms with van der Waals surface area (Å²) in [5.74, 6) is -1.55. The molecular weight excluding hydrogens is 302 g/mol. The molecular formula is C12H14F2N4O2S. The van der Waals surface area contributed by atoms with Crippen LogP contribution in [-0.2, 0) is 16.4 Å². The third-order valence-corrected chi connectivity index (χ3v) is 4.30. The standard InChI is InChI=1S/C12H14F2N4O2S/c13-8-3-4-9(11(14)12(8)15)21(19,20)18-5-1-2-10-16-6-7-17-10/h3-4,6-7,18H,1-2,5,15H2,(H,16,17). The Morgan fingerprint density at radius 1 is 1.33 bits per heavy atom. The van der Waals surface area contributed by atoms with E-state index in [9.17, 15) is 17.2 Å². The normalized spacial score (nSPS) is 11.7. The fraction of sp³-hybridized carbons (Fsp3) is 0.250. The number of rotatable bonds is 6. The maximum Gasteiger partial charge on any atom is 0.243 e. The first-order valence-electron chi connectivity index (χ1n) is 6.13. The van der Waals surface area contributed by atoms with Crippen molar-refractivity contribution in [3.63, 3.8) is 0 Å². The Balaban J connectivity index is 2.00. The fourth-order valence-corrected chi connectivity index (χ4v) is 2.89. The number of nitrogens with one attached hydrogen (secondary N) is 2. The fourth-order valence-electron chi connectivity index (χ4n) is 1.73. The van der Waals surface area contributed by atoms with E-state index in [1.165, 1.54) is 0 Å². The first-order chi connectivity index (χ1) is 9.92. The van der Waals surface area contributed by atoms with Crippen LogP contribution in [0.4, 0.5) is 14.5 Å².